The summed E-state index contributed by atoms with van der Waals surface area (Å²) in [5, 5.41) is 5.59. The third kappa shape index (κ3) is 4.63. The molecule has 6 heteroatoms. The quantitative estimate of drug-likeness (QED) is 0.805. The molecule has 1 aliphatic rings. The second-order valence-electron chi connectivity index (χ2n) is 6.23. The number of aromatic nitrogens is 1. The fraction of sp³-hybridized carbons (Fsp3) is 0.444. The van der Waals surface area contributed by atoms with Crippen molar-refractivity contribution >= 4 is 17.2 Å². The van der Waals surface area contributed by atoms with Crippen molar-refractivity contribution in [1.82, 2.24) is 15.2 Å². The normalized spacial score (nSPS) is 18.0. The topological polar surface area (TPSA) is 71.2 Å². The fourth-order valence-electron chi connectivity index (χ4n) is 3.05. The van der Waals surface area contributed by atoms with Gasteiger partial charge in [-0.2, -0.15) is 0 Å². The molecule has 1 aliphatic heterocycles. The molecular formula is C18H24N4OS. The highest BCUT2D eigenvalue weighted by atomic mass is 32.1. The molecule has 0 aliphatic carbocycles. The van der Waals surface area contributed by atoms with Gasteiger partial charge in [-0.3, -0.25) is 4.79 Å². The van der Waals surface area contributed by atoms with Gasteiger partial charge in [-0.15, -0.1) is 11.3 Å². The Kier molecular flexibility index (Phi) is 5.96. The Hall–Kier alpha value is -1.76. The fourth-order valence-corrected chi connectivity index (χ4v) is 3.71. The Labute approximate surface area is 146 Å². The summed E-state index contributed by atoms with van der Waals surface area (Å²) in [5.41, 5.74) is 7.40. The second kappa shape index (κ2) is 8.37. The molecule has 3 rings (SSSR count). The van der Waals surface area contributed by atoms with E-state index in [1.165, 1.54) is 16.9 Å². The molecule has 3 N–H and O–H groups in total. The maximum atomic E-state index is 12.1. The van der Waals surface area contributed by atoms with E-state index in [4.69, 9.17) is 5.73 Å². The third-order valence-electron chi connectivity index (χ3n) is 4.44. The van der Waals surface area contributed by atoms with Crippen LogP contribution in [0.15, 0.2) is 35.7 Å². The minimum absolute atomic E-state index is 0.0892. The third-order valence-corrected chi connectivity index (χ3v) is 5.31. The monoisotopic (exact) mass is 344 g/mol. The number of benzene rings is 1. The highest BCUT2D eigenvalue weighted by Gasteiger charge is 2.23. The van der Waals surface area contributed by atoms with Crippen molar-refractivity contribution in [3.63, 3.8) is 0 Å². The molecule has 1 atom stereocenters. The van der Waals surface area contributed by atoms with E-state index in [1.807, 2.05) is 0 Å². The van der Waals surface area contributed by atoms with E-state index >= 15 is 0 Å². The molecule has 0 saturated carbocycles. The van der Waals surface area contributed by atoms with Gasteiger partial charge in [0.25, 0.3) is 5.91 Å². The first kappa shape index (κ1) is 17.1. The number of carbonyl (C=O) groups is 1. The first-order chi connectivity index (χ1) is 11.7. The number of thiazole rings is 1. The maximum absolute atomic E-state index is 12.1. The van der Waals surface area contributed by atoms with E-state index in [1.54, 1.807) is 5.38 Å². The molecule has 128 valence electrons. The summed E-state index contributed by atoms with van der Waals surface area (Å²) >= 11 is 1.44. The van der Waals surface area contributed by atoms with Crippen molar-refractivity contribution in [2.24, 2.45) is 11.7 Å². The summed E-state index contributed by atoms with van der Waals surface area (Å²) in [5.74, 6) is 0.436. The summed E-state index contributed by atoms with van der Waals surface area (Å²) in [6.07, 6.45) is 2.22. The molecule has 0 bridgehead atoms. The van der Waals surface area contributed by atoms with Crippen LogP contribution in [0.4, 0.5) is 0 Å². The first-order valence-corrected chi connectivity index (χ1v) is 9.31. The number of nitrogens with two attached hydrogens (primary N) is 1. The van der Waals surface area contributed by atoms with Crippen LogP contribution >= 0.6 is 11.3 Å². The number of nitrogens with one attached hydrogen (secondary N) is 1. The van der Waals surface area contributed by atoms with Gasteiger partial charge in [0.1, 0.15) is 10.7 Å². The van der Waals surface area contributed by atoms with Crippen LogP contribution in [-0.2, 0) is 13.0 Å². The van der Waals surface area contributed by atoms with Gasteiger partial charge < -0.3 is 16.0 Å². The van der Waals surface area contributed by atoms with E-state index in [-0.39, 0.29) is 5.91 Å². The lowest BCUT2D eigenvalue weighted by Crippen LogP contribution is -2.31. The first-order valence-electron chi connectivity index (χ1n) is 8.43. The smallest absolute Gasteiger partial charge is 0.270 e. The van der Waals surface area contributed by atoms with Gasteiger partial charge in [-0.05, 0) is 30.9 Å². The van der Waals surface area contributed by atoms with Gasteiger partial charge in [0, 0.05) is 31.6 Å². The SMILES string of the molecule is NCc1nc(C(=O)NCC2CCN(CCc3ccccc3)C2)cs1. The Morgan fingerprint density at radius 3 is 2.96 bits per heavy atom. The van der Waals surface area contributed by atoms with E-state index in [9.17, 15) is 4.79 Å². The summed E-state index contributed by atoms with van der Waals surface area (Å²) in [7, 11) is 0. The van der Waals surface area contributed by atoms with E-state index in [2.05, 4.69) is 45.5 Å². The largest absolute Gasteiger partial charge is 0.350 e. The summed E-state index contributed by atoms with van der Waals surface area (Å²) < 4.78 is 0. The summed E-state index contributed by atoms with van der Waals surface area (Å²) in [6.45, 7) is 4.35. The van der Waals surface area contributed by atoms with Crippen LogP contribution in [0.25, 0.3) is 0 Å². The molecular weight excluding hydrogens is 320 g/mol. The van der Waals surface area contributed by atoms with Crippen LogP contribution in [-0.4, -0.2) is 42.0 Å². The molecule has 1 unspecified atom stereocenters. The Morgan fingerprint density at radius 1 is 1.38 bits per heavy atom. The van der Waals surface area contributed by atoms with Crippen molar-refractivity contribution in [1.29, 1.82) is 0 Å². The minimum Gasteiger partial charge on any atom is -0.350 e. The van der Waals surface area contributed by atoms with Gasteiger partial charge in [0.05, 0.1) is 0 Å². The van der Waals surface area contributed by atoms with Crippen molar-refractivity contribution in [2.75, 3.05) is 26.2 Å². The lowest BCUT2D eigenvalue weighted by atomic mass is 10.1. The van der Waals surface area contributed by atoms with Gasteiger partial charge in [-0.25, -0.2) is 4.98 Å². The molecule has 0 radical (unpaired) electrons. The van der Waals surface area contributed by atoms with E-state index in [0.717, 1.165) is 44.0 Å². The molecule has 24 heavy (non-hydrogen) atoms. The molecule has 1 aromatic heterocycles. The average molecular weight is 344 g/mol. The predicted octanol–water partition coefficient (Wildman–Crippen LogP) is 1.90. The highest BCUT2D eigenvalue weighted by molar-refractivity contribution is 7.09. The number of carbonyl (C=O) groups excluding carboxylic acids is 1. The number of hydrogen-bond donors (Lipinski definition) is 2. The molecule has 1 saturated heterocycles. The van der Waals surface area contributed by atoms with Gasteiger partial charge in [0.15, 0.2) is 0 Å². The maximum Gasteiger partial charge on any atom is 0.270 e. The number of nitrogens with zero attached hydrogens (tertiary/aromatic N) is 2. The second-order valence-corrected chi connectivity index (χ2v) is 7.17. The van der Waals surface area contributed by atoms with E-state index in [0.29, 0.717) is 18.2 Å². The van der Waals surface area contributed by atoms with Gasteiger partial charge in [-0.1, -0.05) is 30.3 Å². The minimum atomic E-state index is -0.0892. The van der Waals surface area contributed by atoms with Crippen LogP contribution < -0.4 is 11.1 Å². The zero-order chi connectivity index (χ0) is 16.8. The Bertz CT molecular complexity index is 658. The highest BCUT2D eigenvalue weighted by Crippen LogP contribution is 2.16. The molecule has 0 spiro atoms. The lowest BCUT2D eigenvalue weighted by Gasteiger charge is -2.16. The molecule has 1 fully saturated rings. The van der Waals surface area contributed by atoms with E-state index < -0.39 is 0 Å². The zero-order valence-electron chi connectivity index (χ0n) is 13.8. The van der Waals surface area contributed by atoms with Crippen molar-refractivity contribution in [3.8, 4) is 0 Å². The predicted molar refractivity (Wildman–Crippen MR) is 97.0 cm³/mol. The van der Waals surface area contributed by atoms with Crippen LogP contribution in [0.3, 0.4) is 0 Å². The Balaban J connectivity index is 1.39. The number of hydrogen-bond acceptors (Lipinski definition) is 5. The van der Waals surface area contributed by atoms with Crippen LogP contribution in [0.5, 0.6) is 0 Å². The molecule has 2 aromatic rings. The molecule has 1 amide bonds. The van der Waals surface area contributed by atoms with Crippen molar-refractivity contribution in [3.05, 3.63) is 52.0 Å². The molecule has 2 heterocycles. The summed E-state index contributed by atoms with van der Waals surface area (Å²) in [6, 6.07) is 10.6. The Morgan fingerprint density at radius 2 is 2.21 bits per heavy atom. The zero-order valence-corrected chi connectivity index (χ0v) is 14.6. The van der Waals surface area contributed by atoms with Gasteiger partial charge in [0.2, 0.25) is 0 Å². The number of likely N-dealkylation sites (tertiary alicyclic amines) is 1. The molecule has 1 aromatic carbocycles. The number of amides is 1. The standard InChI is InChI=1S/C18H24N4OS/c19-10-17-21-16(13-24-17)18(23)20-11-15-7-9-22(12-15)8-6-14-4-2-1-3-5-14/h1-5,13,15H,6-12,19H2,(H,20,23). The van der Waals surface area contributed by atoms with Crippen molar-refractivity contribution < 1.29 is 4.79 Å². The van der Waals surface area contributed by atoms with Gasteiger partial charge >= 0.3 is 0 Å². The summed E-state index contributed by atoms with van der Waals surface area (Å²) in [4.78, 5) is 18.8. The molecule has 5 nitrogen and oxygen atoms in total. The van der Waals surface area contributed by atoms with Crippen LogP contribution in [0, 0.1) is 5.92 Å². The average Bonchev–Trinajstić information content (AvgIpc) is 3.28. The lowest BCUT2D eigenvalue weighted by molar-refractivity contribution is 0.0943. The number of rotatable bonds is 7. The van der Waals surface area contributed by atoms with Crippen molar-refractivity contribution in [2.45, 2.75) is 19.4 Å². The van der Waals surface area contributed by atoms with Crippen LogP contribution in [0.1, 0.15) is 27.5 Å². The van der Waals surface area contributed by atoms with Crippen LogP contribution in [0.2, 0.25) is 0 Å².